The van der Waals surface area contributed by atoms with Crippen molar-refractivity contribution < 1.29 is 9.90 Å². The number of hydrogen-bond donors (Lipinski definition) is 1. The molecule has 1 N–H and O–H groups in total. The van der Waals surface area contributed by atoms with Crippen molar-refractivity contribution in [1.82, 2.24) is 4.98 Å². The lowest BCUT2D eigenvalue weighted by atomic mass is 10.00. The van der Waals surface area contributed by atoms with Gasteiger partial charge in [-0.15, -0.1) is 0 Å². The minimum atomic E-state index is -0.939. The Hall–Kier alpha value is -2.20. The van der Waals surface area contributed by atoms with E-state index in [1.807, 2.05) is 50.2 Å². The Morgan fingerprint density at radius 2 is 1.87 bits per heavy atom. The highest BCUT2D eigenvalue weighted by Crippen LogP contribution is 2.30. The van der Waals surface area contributed by atoms with Gasteiger partial charge in [-0.1, -0.05) is 52.7 Å². The second-order valence-electron chi connectivity index (χ2n) is 5.54. The van der Waals surface area contributed by atoms with Gasteiger partial charge in [0.25, 0.3) is 0 Å². The number of aromatic nitrogens is 1. The highest BCUT2D eigenvalue weighted by Gasteiger charge is 2.15. The fraction of sp³-hybridized carbons (Fsp3) is 0.158. The lowest BCUT2D eigenvalue weighted by molar-refractivity contribution is 0.0699. The normalized spacial score (nSPS) is 10.9. The van der Waals surface area contributed by atoms with Crippen molar-refractivity contribution in [3.63, 3.8) is 0 Å². The highest BCUT2D eigenvalue weighted by atomic mass is 79.9. The van der Waals surface area contributed by atoms with Crippen LogP contribution in [0.15, 0.2) is 46.9 Å². The molecule has 3 aromatic rings. The number of benzene rings is 2. The predicted molar refractivity (Wildman–Crippen MR) is 96.0 cm³/mol. The molecule has 1 aromatic heterocycles. The predicted octanol–water partition coefficient (Wildman–Crippen LogP) is 5.23. The molecule has 0 unspecified atom stereocenters. The first-order chi connectivity index (χ1) is 11.0. The molecule has 0 spiro atoms. The van der Waals surface area contributed by atoms with E-state index in [9.17, 15) is 9.90 Å². The van der Waals surface area contributed by atoms with Crippen LogP contribution in [0.2, 0.25) is 0 Å². The molecule has 0 aliphatic carbocycles. The van der Waals surface area contributed by atoms with Gasteiger partial charge in [-0.3, -0.25) is 0 Å². The van der Waals surface area contributed by atoms with Gasteiger partial charge in [-0.05, 0) is 37.1 Å². The molecule has 0 atom stereocenters. The summed E-state index contributed by atoms with van der Waals surface area (Å²) in [4.78, 5) is 16.5. The molecule has 0 radical (unpaired) electrons. The number of carboxylic acid groups (broad SMARTS) is 1. The molecule has 2 aromatic carbocycles. The minimum Gasteiger partial charge on any atom is -0.478 e. The molecule has 0 bridgehead atoms. The van der Waals surface area contributed by atoms with Crippen LogP contribution in [-0.2, 0) is 6.42 Å². The van der Waals surface area contributed by atoms with Crippen molar-refractivity contribution in [2.75, 3.05) is 0 Å². The van der Waals surface area contributed by atoms with E-state index >= 15 is 0 Å². The summed E-state index contributed by atoms with van der Waals surface area (Å²) >= 11 is 3.46. The van der Waals surface area contributed by atoms with Gasteiger partial charge in [0.05, 0.1) is 16.8 Å². The van der Waals surface area contributed by atoms with Crippen molar-refractivity contribution in [2.24, 2.45) is 0 Å². The molecular formula is C19H16BrNO2. The van der Waals surface area contributed by atoms with Crippen LogP contribution in [0.1, 0.15) is 28.4 Å². The molecule has 0 amide bonds. The van der Waals surface area contributed by atoms with E-state index in [2.05, 4.69) is 15.9 Å². The van der Waals surface area contributed by atoms with Crippen LogP contribution in [0.5, 0.6) is 0 Å². The van der Waals surface area contributed by atoms with Gasteiger partial charge in [0.15, 0.2) is 0 Å². The van der Waals surface area contributed by atoms with Crippen LogP contribution in [0.4, 0.5) is 0 Å². The van der Waals surface area contributed by atoms with Gasteiger partial charge >= 0.3 is 5.97 Å². The van der Waals surface area contributed by atoms with E-state index in [0.717, 1.165) is 33.1 Å². The van der Waals surface area contributed by atoms with Gasteiger partial charge in [-0.2, -0.15) is 0 Å². The summed E-state index contributed by atoms with van der Waals surface area (Å²) < 4.78 is 0.870. The van der Waals surface area contributed by atoms with Crippen molar-refractivity contribution in [1.29, 1.82) is 0 Å². The summed E-state index contributed by atoms with van der Waals surface area (Å²) in [5.41, 5.74) is 4.83. The molecule has 3 rings (SSSR count). The summed E-state index contributed by atoms with van der Waals surface area (Å²) in [6.07, 6.45) is 0.791. The standard InChI is InChI=1S/C19H16BrNO2/c1-3-12-8-14(20)9-15-16(19(22)23)10-17(21-18(12)15)13-6-4-11(2)5-7-13/h4-10H,3H2,1-2H3,(H,22,23). The Morgan fingerprint density at radius 1 is 1.17 bits per heavy atom. The Bertz CT molecular complexity index is 901. The van der Waals surface area contributed by atoms with E-state index in [1.54, 1.807) is 6.07 Å². The van der Waals surface area contributed by atoms with E-state index in [1.165, 1.54) is 0 Å². The molecule has 0 aliphatic rings. The van der Waals surface area contributed by atoms with Crippen LogP contribution in [0.3, 0.4) is 0 Å². The quantitative estimate of drug-likeness (QED) is 0.687. The topological polar surface area (TPSA) is 50.2 Å². The minimum absolute atomic E-state index is 0.279. The fourth-order valence-electron chi connectivity index (χ4n) is 2.68. The number of fused-ring (bicyclic) bond motifs is 1. The average molecular weight is 370 g/mol. The number of rotatable bonds is 3. The van der Waals surface area contributed by atoms with Gasteiger partial charge in [0.1, 0.15) is 0 Å². The maximum atomic E-state index is 11.7. The first-order valence-corrected chi connectivity index (χ1v) is 8.22. The molecular weight excluding hydrogens is 354 g/mol. The number of carboxylic acids is 1. The molecule has 4 heteroatoms. The first-order valence-electron chi connectivity index (χ1n) is 7.43. The van der Waals surface area contributed by atoms with Crippen LogP contribution in [0, 0.1) is 6.92 Å². The van der Waals surface area contributed by atoms with Crippen LogP contribution < -0.4 is 0 Å². The number of aromatic carboxylic acids is 1. The third kappa shape index (κ3) is 2.99. The molecule has 0 aliphatic heterocycles. The number of hydrogen-bond acceptors (Lipinski definition) is 2. The molecule has 23 heavy (non-hydrogen) atoms. The second-order valence-corrected chi connectivity index (χ2v) is 6.46. The zero-order valence-electron chi connectivity index (χ0n) is 12.9. The monoisotopic (exact) mass is 369 g/mol. The van der Waals surface area contributed by atoms with Crippen LogP contribution in [-0.4, -0.2) is 16.1 Å². The maximum absolute atomic E-state index is 11.7. The summed E-state index contributed by atoms with van der Waals surface area (Å²) in [7, 11) is 0. The number of pyridine rings is 1. The Morgan fingerprint density at radius 3 is 2.48 bits per heavy atom. The fourth-order valence-corrected chi connectivity index (χ4v) is 3.18. The third-order valence-electron chi connectivity index (χ3n) is 3.92. The Kier molecular flexibility index (Phi) is 4.18. The van der Waals surface area contributed by atoms with E-state index in [4.69, 9.17) is 4.98 Å². The highest BCUT2D eigenvalue weighted by molar-refractivity contribution is 9.10. The molecule has 116 valence electrons. The average Bonchev–Trinajstić information content (AvgIpc) is 2.53. The maximum Gasteiger partial charge on any atom is 0.336 e. The molecule has 1 heterocycles. The zero-order chi connectivity index (χ0) is 16.6. The largest absolute Gasteiger partial charge is 0.478 e. The van der Waals surface area contributed by atoms with Gasteiger partial charge in [-0.25, -0.2) is 9.78 Å². The summed E-state index contributed by atoms with van der Waals surface area (Å²) in [6.45, 7) is 4.06. The zero-order valence-corrected chi connectivity index (χ0v) is 14.5. The van der Waals surface area contributed by atoms with Crippen LogP contribution in [0.25, 0.3) is 22.2 Å². The Balaban J connectivity index is 2.35. The Labute approximate surface area is 143 Å². The number of aryl methyl sites for hydroxylation is 2. The summed E-state index contributed by atoms with van der Waals surface area (Å²) in [5, 5.41) is 10.3. The second kappa shape index (κ2) is 6.13. The molecule has 0 saturated heterocycles. The lowest BCUT2D eigenvalue weighted by Crippen LogP contribution is -2.02. The molecule has 0 fully saturated rings. The molecule has 0 saturated carbocycles. The van der Waals surface area contributed by atoms with E-state index in [0.29, 0.717) is 11.1 Å². The summed E-state index contributed by atoms with van der Waals surface area (Å²) in [6, 6.07) is 13.4. The SMILES string of the molecule is CCc1cc(Br)cc2c(C(=O)O)cc(-c3ccc(C)cc3)nc12. The van der Waals surface area contributed by atoms with Crippen molar-refractivity contribution in [3.8, 4) is 11.3 Å². The summed E-state index contributed by atoms with van der Waals surface area (Å²) in [5.74, 6) is -0.939. The smallest absolute Gasteiger partial charge is 0.336 e. The van der Waals surface area contributed by atoms with Gasteiger partial charge < -0.3 is 5.11 Å². The van der Waals surface area contributed by atoms with Gasteiger partial charge in [0, 0.05) is 15.4 Å². The number of nitrogens with zero attached hydrogens (tertiary/aromatic N) is 1. The lowest BCUT2D eigenvalue weighted by Gasteiger charge is -2.11. The van der Waals surface area contributed by atoms with Crippen molar-refractivity contribution >= 4 is 32.8 Å². The van der Waals surface area contributed by atoms with Gasteiger partial charge in [0.2, 0.25) is 0 Å². The van der Waals surface area contributed by atoms with Crippen molar-refractivity contribution in [3.05, 3.63) is 63.6 Å². The molecule has 3 nitrogen and oxygen atoms in total. The van der Waals surface area contributed by atoms with Crippen molar-refractivity contribution in [2.45, 2.75) is 20.3 Å². The number of carbonyl (C=O) groups is 1. The van der Waals surface area contributed by atoms with E-state index < -0.39 is 5.97 Å². The third-order valence-corrected chi connectivity index (χ3v) is 4.37. The van der Waals surface area contributed by atoms with E-state index in [-0.39, 0.29) is 5.56 Å². The number of halogens is 1. The first kappa shape index (κ1) is 15.7. The van der Waals surface area contributed by atoms with Crippen LogP contribution >= 0.6 is 15.9 Å².